The van der Waals surface area contributed by atoms with Crippen LogP contribution in [-0.2, 0) is 34.5 Å². The van der Waals surface area contributed by atoms with Gasteiger partial charge in [0.2, 0.25) is 0 Å². The number of hydrogen-bond donors (Lipinski definition) is 0. The molecule has 8 aromatic rings. The van der Waals surface area contributed by atoms with E-state index >= 15 is 0 Å². The molecule has 0 heterocycles. The van der Waals surface area contributed by atoms with E-state index in [-0.39, 0.29) is 21.7 Å². The van der Waals surface area contributed by atoms with Crippen LogP contribution >= 0.6 is 0 Å². The Morgan fingerprint density at radius 3 is 1.79 bits per heavy atom. The molecule has 0 radical (unpaired) electrons. The fourth-order valence-electron chi connectivity index (χ4n) is 13.4. The first-order valence-corrected chi connectivity index (χ1v) is 29.0. The van der Waals surface area contributed by atoms with Crippen molar-refractivity contribution in [2.45, 2.75) is 144 Å². The van der Waals surface area contributed by atoms with Crippen molar-refractivity contribution in [3.8, 4) is 55.6 Å². The maximum absolute atomic E-state index is 2.66. The van der Waals surface area contributed by atoms with Gasteiger partial charge in [-0.1, -0.05) is 254 Å². The normalized spacial score (nSPS) is 14.9. The first kappa shape index (κ1) is 51.5. The van der Waals surface area contributed by atoms with Crippen molar-refractivity contribution in [1.29, 1.82) is 0 Å². The zero-order valence-corrected chi connectivity index (χ0v) is 49.0. The largest absolute Gasteiger partial charge is 0.0871 e. The maximum Gasteiger partial charge on any atom is -0.00105 e. The topological polar surface area (TPSA) is 0 Å². The smallest absolute Gasteiger partial charge is 0.00105 e. The van der Waals surface area contributed by atoms with Gasteiger partial charge in [-0.2, -0.15) is 0 Å². The van der Waals surface area contributed by atoms with Gasteiger partial charge < -0.3 is 0 Å². The highest BCUT2D eigenvalue weighted by Crippen LogP contribution is 2.61. The molecule has 0 spiro atoms. The monoisotopic (exact) mass is 1010 g/mol. The number of rotatable bonds is 7. The fraction of sp³-hybridized carbons (Fsp3) is 0.282. The van der Waals surface area contributed by atoms with Gasteiger partial charge >= 0.3 is 0 Å². The van der Waals surface area contributed by atoms with Gasteiger partial charge in [-0.05, 0) is 215 Å². The number of allylic oxidation sites excluding steroid dienone is 11. The summed E-state index contributed by atoms with van der Waals surface area (Å²) in [7, 11) is 0. The molecule has 0 N–H and O–H groups in total. The van der Waals surface area contributed by atoms with Crippen LogP contribution in [0.1, 0.15) is 171 Å². The summed E-state index contributed by atoms with van der Waals surface area (Å²) in [5, 5.41) is 5.43. The Hall–Kier alpha value is -7.28. The third kappa shape index (κ3) is 8.49. The first-order valence-electron chi connectivity index (χ1n) is 29.0. The predicted octanol–water partition coefficient (Wildman–Crippen LogP) is 22.0. The average Bonchev–Trinajstić information content (AvgIpc) is 3.72. The molecular formula is C78H78. The minimum Gasteiger partial charge on any atom is -0.0871 e. The van der Waals surface area contributed by atoms with E-state index in [1.54, 1.807) is 0 Å². The molecule has 0 amide bonds. The van der Waals surface area contributed by atoms with E-state index in [9.17, 15) is 0 Å². The second kappa shape index (κ2) is 18.7. The Bertz CT molecular complexity index is 3970. The molecule has 78 heavy (non-hydrogen) atoms. The summed E-state index contributed by atoms with van der Waals surface area (Å²) < 4.78 is 0. The van der Waals surface area contributed by atoms with Crippen LogP contribution in [0.2, 0.25) is 0 Å². The minimum atomic E-state index is -0.0480. The summed E-state index contributed by atoms with van der Waals surface area (Å²) in [6, 6.07) is 46.4. The Kier molecular flexibility index (Phi) is 12.3. The van der Waals surface area contributed by atoms with Crippen LogP contribution in [0.3, 0.4) is 0 Å². The van der Waals surface area contributed by atoms with Gasteiger partial charge in [0.1, 0.15) is 0 Å². The summed E-state index contributed by atoms with van der Waals surface area (Å²) in [6.45, 7) is 32.9. The third-order valence-corrected chi connectivity index (χ3v) is 17.5. The lowest BCUT2D eigenvalue weighted by Gasteiger charge is -2.28. The molecule has 0 nitrogen and oxygen atoms in total. The second-order valence-electron chi connectivity index (χ2n) is 26.9. The molecule has 0 fully saturated rings. The van der Waals surface area contributed by atoms with Crippen LogP contribution in [0, 0.1) is 0 Å². The van der Waals surface area contributed by atoms with Gasteiger partial charge in [0, 0.05) is 0 Å². The molecule has 0 saturated carbocycles. The van der Waals surface area contributed by atoms with Crippen LogP contribution in [0.25, 0.3) is 93.9 Å². The molecule has 0 aromatic heterocycles. The lowest BCUT2D eigenvalue weighted by molar-refractivity contribution is 0.567. The lowest BCUT2D eigenvalue weighted by Crippen LogP contribution is -2.17. The van der Waals surface area contributed by atoms with E-state index in [2.05, 4.69) is 267 Å². The van der Waals surface area contributed by atoms with Crippen LogP contribution in [0.5, 0.6) is 0 Å². The van der Waals surface area contributed by atoms with E-state index in [1.807, 2.05) is 0 Å². The highest BCUT2D eigenvalue weighted by atomic mass is 14.4. The van der Waals surface area contributed by atoms with Crippen LogP contribution in [0.4, 0.5) is 0 Å². The van der Waals surface area contributed by atoms with Crippen molar-refractivity contribution >= 4 is 38.3 Å². The zero-order chi connectivity index (χ0) is 54.8. The van der Waals surface area contributed by atoms with Crippen molar-refractivity contribution < 1.29 is 0 Å². The SMILES string of the molecule is C/C=C\C(=C/CC)c1ccc(C2=CCC=CC=C2)c2c1-c1cccc3c1C2=CCc1c-3cc2c3c(cccc13)-c1c-2c(-c2cc(C(C)(C)C)cc(C(C)(C)C)c2)c2ccccc2c1Cc1cc(C(C)(C)C)cc(C(C)(C)C)c1. The molecule has 0 bridgehead atoms. The van der Waals surface area contributed by atoms with Crippen molar-refractivity contribution in [3.05, 3.63) is 231 Å². The summed E-state index contributed by atoms with van der Waals surface area (Å²) in [6.07, 6.45) is 24.5. The molecule has 0 atom stereocenters. The molecule has 0 heteroatoms. The van der Waals surface area contributed by atoms with Crippen LogP contribution in [0.15, 0.2) is 170 Å². The molecule has 0 saturated heterocycles. The number of benzene rings is 8. The van der Waals surface area contributed by atoms with Gasteiger partial charge in [0.05, 0.1) is 0 Å². The predicted molar refractivity (Wildman–Crippen MR) is 341 cm³/mol. The quantitative estimate of drug-likeness (QED) is 0.140. The van der Waals surface area contributed by atoms with E-state index < -0.39 is 0 Å². The summed E-state index contributed by atoms with van der Waals surface area (Å²) in [4.78, 5) is 0. The van der Waals surface area contributed by atoms with Gasteiger partial charge in [0.25, 0.3) is 0 Å². The van der Waals surface area contributed by atoms with Gasteiger partial charge in [0.15, 0.2) is 0 Å². The molecule has 4 aliphatic rings. The molecule has 0 unspecified atom stereocenters. The highest BCUT2D eigenvalue weighted by molar-refractivity contribution is 6.26. The zero-order valence-electron chi connectivity index (χ0n) is 49.0. The molecule has 12 rings (SSSR count). The number of hydrogen-bond acceptors (Lipinski definition) is 0. The molecule has 4 aliphatic carbocycles. The highest BCUT2D eigenvalue weighted by Gasteiger charge is 2.37. The Morgan fingerprint density at radius 1 is 0.500 bits per heavy atom. The van der Waals surface area contributed by atoms with Gasteiger partial charge in [-0.25, -0.2) is 0 Å². The van der Waals surface area contributed by atoms with E-state index in [4.69, 9.17) is 0 Å². The average molecular weight is 1020 g/mol. The van der Waals surface area contributed by atoms with E-state index in [0.29, 0.717) is 0 Å². The van der Waals surface area contributed by atoms with Crippen LogP contribution in [-0.4, -0.2) is 0 Å². The summed E-state index contributed by atoms with van der Waals surface area (Å²) in [5.41, 5.74) is 32.5. The molecular weight excluding hydrogens is 937 g/mol. The standard InChI is InChI=1S/C78H78/c1-15-25-48(26-16-2)55-35-36-56(49-27-19-17-18-20-28-49)72-64-38-37-58-60-31-23-34-63-70(60)67(46-65(58)61-32-24-33-62(69(61)64)71(55)72)74-68(50-42-53(77(9,10)11)45-54(43-50)78(12,13)14)59-30-22-21-29-57(59)66(73(63)74)41-47-39-51(75(3,4)5)44-52(40-47)76(6,7)8/h15,17-19,21-36,38-40,42-46H,16,20,37,41H2,1-14H3/b25-15-,48-26+. The Labute approximate surface area is 466 Å². The molecule has 8 aromatic carbocycles. The van der Waals surface area contributed by atoms with Gasteiger partial charge in [-0.3, -0.25) is 0 Å². The Morgan fingerprint density at radius 2 is 1.13 bits per heavy atom. The fourth-order valence-corrected chi connectivity index (χ4v) is 13.4. The van der Waals surface area contributed by atoms with E-state index in [1.165, 1.54) is 155 Å². The van der Waals surface area contributed by atoms with Crippen molar-refractivity contribution in [2.75, 3.05) is 0 Å². The Balaban J connectivity index is 1.19. The van der Waals surface area contributed by atoms with Crippen LogP contribution < -0.4 is 0 Å². The van der Waals surface area contributed by atoms with Crippen molar-refractivity contribution in [1.82, 2.24) is 0 Å². The second-order valence-corrected chi connectivity index (χ2v) is 26.9. The lowest BCUT2D eigenvalue weighted by atomic mass is 9.76. The molecule has 390 valence electrons. The molecule has 0 aliphatic heterocycles. The van der Waals surface area contributed by atoms with E-state index in [0.717, 1.165) is 25.7 Å². The third-order valence-electron chi connectivity index (χ3n) is 17.5. The minimum absolute atomic E-state index is 0.00483. The maximum atomic E-state index is 2.66. The number of fused-ring (bicyclic) bond motifs is 10. The summed E-state index contributed by atoms with van der Waals surface area (Å²) in [5.74, 6) is 0. The van der Waals surface area contributed by atoms with Crippen molar-refractivity contribution in [3.63, 3.8) is 0 Å². The van der Waals surface area contributed by atoms with Crippen molar-refractivity contribution in [2.24, 2.45) is 0 Å². The first-order chi connectivity index (χ1) is 37.1. The summed E-state index contributed by atoms with van der Waals surface area (Å²) >= 11 is 0. The van der Waals surface area contributed by atoms with Gasteiger partial charge in [-0.15, -0.1) is 0 Å².